The summed E-state index contributed by atoms with van der Waals surface area (Å²) in [6.45, 7) is 2.28. The van der Waals surface area contributed by atoms with Gasteiger partial charge in [0.05, 0.1) is 0 Å². The Morgan fingerprint density at radius 1 is 0.727 bits per heavy atom. The SMILES string of the molecule is CNCCCCNC.Cl.Cl.Cl. The Kier molecular flexibility index (Phi) is 46.1. The lowest BCUT2D eigenvalue weighted by atomic mass is 10.3. The lowest BCUT2D eigenvalue weighted by Gasteiger charge is -1.97. The van der Waals surface area contributed by atoms with Gasteiger partial charge >= 0.3 is 0 Å². The molecule has 2 nitrogen and oxygen atoms in total. The van der Waals surface area contributed by atoms with Crippen LogP contribution in [-0.4, -0.2) is 27.2 Å². The van der Waals surface area contributed by atoms with Crippen molar-refractivity contribution in [1.82, 2.24) is 10.6 Å². The van der Waals surface area contributed by atoms with Crippen LogP contribution in [0.5, 0.6) is 0 Å². The molecule has 0 saturated heterocycles. The monoisotopic (exact) mass is 224 g/mol. The van der Waals surface area contributed by atoms with Crippen molar-refractivity contribution < 1.29 is 0 Å². The predicted octanol–water partition coefficient (Wildman–Crippen LogP) is 1.47. The topological polar surface area (TPSA) is 24.1 Å². The van der Waals surface area contributed by atoms with Crippen molar-refractivity contribution in [2.24, 2.45) is 0 Å². The minimum Gasteiger partial charge on any atom is -0.320 e. The van der Waals surface area contributed by atoms with E-state index in [0.29, 0.717) is 0 Å². The van der Waals surface area contributed by atoms with Gasteiger partial charge in [-0.05, 0) is 40.0 Å². The fourth-order valence-corrected chi connectivity index (χ4v) is 0.604. The summed E-state index contributed by atoms with van der Waals surface area (Å²) in [4.78, 5) is 0. The van der Waals surface area contributed by atoms with Gasteiger partial charge in [0.25, 0.3) is 0 Å². The second-order valence-electron chi connectivity index (χ2n) is 1.91. The van der Waals surface area contributed by atoms with Gasteiger partial charge in [0.2, 0.25) is 0 Å². The number of hydrogen-bond donors (Lipinski definition) is 2. The maximum absolute atomic E-state index is 3.10. The molecule has 0 aliphatic rings. The first-order valence-electron chi connectivity index (χ1n) is 3.21. The first-order chi connectivity index (χ1) is 3.91. The first kappa shape index (κ1) is 22.6. The lowest BCUT2D eigenvalue weighted by molar-refractivity contribution is 0.644. The Balaban J connectivity index is -0.0000000817. The first-order valence-corrected chi connectivity index (χ1v) is 3.21. The van der Waals surface area contributed by atoms with Crippen LogP contribution in [-0.2, 0) is 0 Å². The minimum absolute atomic E-state index is 0. The number of halogens is 3. The molecular weight excluding hydrogens is 206 g/mol. The lowest BCUT2D eigenvalue weighted by Crippen LogP contribution is -2.12. The van der Waals surface area contributed by atoms with Crippen LogP contribution in [0.3, 0.4) is 0 Å². The number of nitrogens with one attached hydrogen (secondary N) is 2. The van der Waals surface area contributed by atoms with Gasteiger partial charge in [0, 0.05) is 0 Å². The van der Waals surface area contributed by atoms with Gasteiger partial charge in [-0.25, -0.2) is 0 Å². The van der Waals surface area contributed by atoms with Crippen LogP contribution in [0.2, 0.25) is 0 Å². The van der Waals surface area contributed by atoms with Crippen LogP contribution in [0.4, 0.5) is 0 Å². The van der Waals surface area contributed by atoms with Crippen molar-refractivity contribution in [2.45, 2.75) is 12.8 Å². The van der Waals surface area contributed by atoms with Crippen molar-refractivity contribution in [1.29, 1.82) is 0 Å². The second kappa shape index (κ2) is 22.4. The summed E-state index contributed by atoms with van der Waals surface area (Å²) in [6.07, 6.45) is 2.55. The Hall–Kier alpha value is 0.790. The number of unbranched alkanes of at least 4 members (excludes halogenated alkanes) is 1. The molecule has 0 aliphatic carbocycles. The zero-order chi connectivity index (χ0) is 6.24. The molecule has 0 aromatic rings. The maximum Gasteiger partial charge on any atom is -0.00515 e. The molecule has 0 saturated carbocycles. The zero-order valence-electron chi connectivity index (χ0n) is 7.05. The highest BCUT2D eigenvalue weighted by Crippen LogP contribution is 1.81. The van der Waals surface area contributed by atoms with Gasteiger partial charge in [0.15, 0.2) is 0 Å². The summed E-state index contributed by atoms with van der Waals surface area (Å²) < 4.78 is 0. The largest absolute Gasteiger partial charge is 0.320 e. The number of rotatable bonds is 5. The normalized spacial score (nSPS) is 7.09. The highest BCUT2D eigenvalue weighted by molar-refractivity contribution is 5.86. The molecule has 0 atom stereocenters. The summed E-state index contributed by atoms with van der Waals surface area (Å²) in [5.41, 5.74) is 0. The summed E-state index contributed by atoms with van der Waals surface area (Å²) in [5.74, 6) is 0. The molecule has 0 rings (SSSR count). The molecular formula is C6H19Cl3N2. The molecule has 2 N–H and O–H groups in total. The third kappa shape index (κ3) is 24.9. The molecule has 74 valence electrons. The standard InChI is InChI=1S/C6H16N2.3ClH/c1-7-5-3-4-6-8-2;;;/h7-8H,3-6H2,1-2H3;3*1H. The average molecular weight is 226 g/mol. The van der Waals surface area contributed by atoms with E-state index in [1.807, 2.05) is 14.1 Å². The van der Waals surface area contributed by atoms with Crippen LogP contribution < -0.4 is 10.6 Å². The van der Waals surface area contributed by atoms with Gasteiger partial charge in [-0.3, -0.25) is 0 Å². The van der Waals surface area contributed by atoms with E-state index >= 15 is 0 Å². The van der Waals surface area contributed by atoms with E-state index < -0.39 is 0 Å². The van der Waals surface area contributed by atoms with E-state index in [4.69, 9.17) is 0 Å². The second-order valence-corrected chi connectivity index (χ2v) is 1.91. The van der Waals surface area contributed by atoms with Crippen molar-refractivity contribution >= 4 is 37.2 Å². The highest BCUT2D eigenvalue weighted by atomic mass is 35.5. The van der Waals surface area contributed by atoms with Crippen LogP contribution in [0, 0.1) is 0 Å². The van der Waals surface area contributed by atoms with Gasteiger partial charge < -0.3 is 10.6 Å². The van der Waals surface area contributed by atoms with E-state index in [0.717, 1.165) is 13.1 Å². The fraction of sp³-hybridized carbons (Fsp3) is 1.00. The van der Waals surface area contributed by atoms with Crippen LogP contribution >= 0.6 is 37.2 Å². The molecule has 0 aromatic carbocycles. The highest BCUT2D eigenvalue weighted by Gasteiger charge is 1.81. The van der Waals surface area contributed by atoms with Crippen molar-refractivity contribution in [3.63, 3.8) is 0 Å². The zero-order valence-corrected chi connectivity index (χ0v) is 9.50. The molecule has 0 bridgehead atoms. The average Bonchev–Trinajstić information content (AvgIpc) is 1.81. The van der Waals surface area contributed by atoms with E-state index in [1.165, 1.54) is 12.8 Å². The smallest absolute Gasteiger partial charge is 0.00515 e. The summed E-state index contributed by atoms with van der Waals surface area (Å²) in [6, 6.07) is 0. The van der Waals surface area contributed by atoms with Crippen LogP contribution in [0.15, 0.2) is 0 Å². The Bertz CT molecular complexity index is 40.8. The molecule has 0 amide bonds. The molecule has 0 aliphatic heterocycles. The molecule has 0 heterocycles. The van der Waals surface area contributed by atoms with Gasteiger partial charge in [-0.2, -0.15) is 0 Å². The van der Waals surface area contributed by atoms with Gasteiger partial charge in [-0.15, -0.1) is 37.2 Å². The third-order valence-electron chi connectivity index (χ3n) is 1.10. The molecule has 0 unspecified atom stereocenters. The summed E-state index contributed by atoms with van der Waals surface area (Å²) in [5, 5.41) is 6.20. The summed E-state index contributed by atoms with van der Waals surface area (Å²) >= 11 is 0. The van der Waals surface area contributed by atoms with E-state index in [1.54, 1.807) is 0 Å². The van der Waals surface area contributed by atoms with Crippen molar-refractivity contribution in [3.05, 3.63) is 0 Å². The Labute approximate surface area is 88.1 Å². The van der Waals surface area contributed by atoms with E-state index in [2.05, 4.69) is 10.6 Å². The Morgan fingerprint density at radius 2 is 1.00 bits per heavy atom. The predicted molar refractivity (Wildman–Crippen MR) is 58.8 cm³/mol. The van der Waals surface area contributed by atoms with E-state index in [-0.39, 0.29) is 37.2 Å². The maximum atomic E-state index is 3.10. The van der Waals surface area contributed by atoms with Crippen molar-refractivity contribution in [3.8, 4) is 0 Å². The van der Waals surface area contributed by atoms with Gasteiger partial charge in [-0.1, -0.05) is 0 Å². The van der Waals surface area contributed by atoms with Crippen LogP contribution in [0.25, 0.3) is 0 Å². The fourth-order valence-electron chi connectivity index (χ4n) is 0.604. The molecule has 11 heavy (non-hydrogen) atoms. The molecule has 0 radical (unpaired) electrons. The molecule has 0 fully saturated rings. The molecule has 5 heteroatoms. The Morgan fingerprint density at radius 3 is 1.18 bits per heavy atom. The minimum atomic E-state index is 0. The summed E-state index contributed by atoms with van der Waals surface area (Å²) in [7, 11) is 3.97. The molecule has 0 aromatic heterocycles. The van der Waals surface area contributed by atoms with Gasteiger partial charge in [0.1, 0.15) is 0 Å². The van der Waals surface area contributed by atoms with Crippen molar-refractivity contribution in [2.75, 3.05) is 27.2 Å². The van der Waals surface area contributed by atoms with Crippen LogP contribution in [0.1, 0.15) is 12.8 Å². The third-order valence-corrected chi connectivity index (χ3v) is 1.10. The molecule has 0 spiro atoms. The number of hydrogen-bond acceptors (Lipinski definition) is 2. The van der Waals surface area contributed by atoms with E-state index in [9.17, 15) is 0 Å². The quantitative estimate of drug-likeness (QED) is 0.693.